The van der Waals surface area contributed by atoms with Gasteiger partial charge < -0.3 is 24.1 Å². The summed E-state index contributed by atoms with van der Waals surface area (Å²) in [6.45, 7) is 1.25. The molecule has 0 aliphatic heterocycles. The number of amides is 1. The highest BCUT2D eigenvalue weighted by Crippen LogP contribution is 2.25. The van der Waals surface area contributed by atoms with Crippen molar-refractivity contribution in [3.8, 4) is 11.5 Å². The van der Waals surface area contributed by atoms with E-state index in [1.54, 1.807) is 19.2 Å². The molecule has 2 unspecified atom stereocenters. The molecule has 1 fully saturated rings. The Bertz CT molecular complexity index is 771. The molecule has 0 radical (unpaired) electrons. The lowest BCUT2D eigenvalue weighted by Gasteiger charge is -2.33. The Morgan fingerprint density at radius 2 is 1.96 bits per heavy atom. The number of nitrogens with one attached hydrogen (secondary N) is 1. The zero-order valence-corrected chi connectivity index (χ0v) is 16.9. The summed E-state index contributed by atoms with van der Waals surface area (Å²) in [5.41, 5.74) is 0. The van der Waals surface area contributed by atoms with Crippen LogP contribution >= 0.6 is 0 Å². The molecule has 1 aromatic heterocycles. The van der Waals surface area contributed by atoms with E-state index in [9.17, 15) is 4.79 Å². The zero-order chi connectivity index (χ0) is 19.9. The number of methoxy groups -OCH3 is 1. The molecule has 0 spiro atoms. The number of nitrogens with zero attached hydrogens (tertiary/aromatic N) is 1. The van der Waals surface area contributed by atoms with Crippen molar-refractivity contribution in [2.75, 3.05) is 27.7 Å². The van der Waals surface area contributed by atoms with Crippen molar-refractivity contribution in [1.82, 2.24) is 10.2 Å². The van der Waals surface area contributed by atoms with E-state index in [-0.39, 0.29) is 18.6 Å². The summed E-state index contributed by atoms with van der Waals surface area (Å²) in [7, 11) is 5.77. The van der Waals surface area contributed by atoms with Gasteiger partial charge in [0.05, 0.1) is 7.11 Å². The molecule has 1 aromatic carbocycles. The van der Waals surface area contributed by atoms with Crippen LogP contribution in [0.25, 0.3) is 0 Å². The first kappa shape index (κ1) is 20.3. The van der Waals surface area contributed by atoms with Gasteiger partial charge >= 0.3 is 0 Å². The highest BCUT2D eigenvalue weighted by molar-refractivity contribution is 5.91. The van der Waals surface area contributed by atoms with E-state index in [4.69, 9.17) is 13.9 Å². The molecule has 6 heteroatoms. The van der Waals surface area contributed by atoms with Gasteiger partial charge in [-0.2, -0.15) is 0 Å². The van der Waals surface area contributed by atoms with Crippen LogP contribution in [-0.4, -0.2) is 44.6 Å². The number of benzene rings is 1. The van der Waals surface area contributed by atoms with Crippen LogP contribution in [0.3, 0.4) is 0 Å². The van der Waals surface area contributed by atoms with Gasteiger partial charge in [-0.3, -0.25) is 4.79 Å². The van der Waals surface area contributed by atoms with Crippen molar-refractivity contribution >= 4 is 5.91 Å². The molecule has 1 heterocycles. The van der Waals surface area contributed by atoms with Crippen molar-refractivity contribution in [2.24, 2.45) is 5.92 Å². The zero-order valence-electron chi connectivity index (χ0n) is 16.9. The molecule has 152 valence electrons. The van der Waals surface area contributed by atoms with Gasteiger partial charge in [-0.15, -0.1) is 0 Å². The lowest BCUT2D eigenvalue weighted by Crippen LogP contribution is -2.45. The highest BCUT2D eigenvalue weighted by Gasteiger charge is 2.28. The van der Waals surface area contributed by atoms with Crippen molar-refractivity contribution < 1.29 is 18.7 Å². The lowest BCUT2D eigenvalue weighted by molar-refractivity contribution is 0.0863. The third-order valence-electron chi connectivity index (χ3n) is 5.13. The summed E-state index contributed by atoms with van der Waals surface area (Å²) >= 11 is 0. The number of carbonyl (C=O) groups excluding carboxylic acids is 1. The van der Waals surface area contributed by atoms with Crippen LogP contribution in [0.2, 0.25) is 0 Å². The molecule has 3 rings (SSSR count). The van der Waals surface area contributed by atoms with E-state index >= 15 is 0 Å². The largest absolute Gasteiger partial charge is 0.497 e. The fourth-order valence-electron chi connectivity index (χ4n) is 3.75. The Morgan fingerprint density at radius 3 is 2.75 bits per heavy atom. The van der Waals surface area contributed by atoms with Gasteiger partial charge in [-0.25, -0.2) is 0 Å². The smallest absolute Gasteiger partial charge is 0.287 e. The first-order valence-corrected chi connectivity index (χ1v) is 9.86. The average molecular weight is 386 g/mol. The fourth-order valence-corrected chi connectivity index (χ4v) is 3.75. The standard InChI is InChI=1S/C22H30N2O4/c1-24(2)14-16-7-4-5-10-20(16)23-22(25)21-12-11-19(28-21)15-27-18-9-6-8-17(13-18)26-3/h6,8-9,11-13,16,20H,4-5,7,10,14-15H2,1-3H3,(H,23,25). The van der Waals surface area contributed by atoms with Gasteiger partial charge in [-0.05, 0) is 57.1 Å². The van der Waals surface area contributed by atoms with E-state index in [2.05, 4.69) is 24.3 Å². The topological polar surface area (TPSA) is 63.9 Å². The Kier molecular flexibility index (Phi) is 6.98. The number of furan rings is 1. The first-order valence-electron chi connectivity index (χ1n) is 9.86. The minimum Gasteiger partial charge on any atom is -0.497 e. The molecule has 2 aromatic rings. The summed E-state index contributed by atoms with van der Waals surface area (Å²) in [6.07, 6.45) is 4.57. The molecule has 1 N–H and O–H groups in total. The summed E-state index contributed by atoms with van der Waals surface area (Å²) in [6, 6.07) is 11.1. The van der Waals surface area contributed by atoms with E-state index < -0.39 is 0 Å². The van der Waals surface area contributed by atoms with Gasteiger partial charge in [0.1, 0.15) is 23.9 Å². The average Bonchev–Trinajstić information content (AvgIpc) is 3.17. The maximum atomic E-state index is 12.6. The van der Waals surface area contributed by atoms with Crippen molar-refractivity contribution in [3.05, 3.63) is 47.9 Å². The van der Waals surface area contributed by atoms with Crippen LogP contribution in [0.5, 0.6) is 11.5 Å². The van der Waals surface area contributed by atoms with Gasteiger partial charge in [0.2, 0.25) is 0 Å². The number of hydrogen-bond donors (Lipinski definition) is 1. The Balaban J connectivity index is 1.55. The second-order valence-corrected chi connectivity index (χ2v) is 7.62. The van der Waals surface area contributed by atoms with E-state index in [1.807, 2.05) is 24.3 Å². The SMILES string of the molecule is COc1cccc(OCc2ccc(C(=O)NC3CCCCC3CN(C)C)o2)c1. The van der Waals surface area contributed by atoms with Crippen LogP contribution in [0.1, 0.15) is 42.0 Å². The third kappa shape index (κ3) is 5.52. The van der Waals surface area contributed by atoms with Crippen molar-refractivity contribution in [1.29, 1.82) is 0 Å². The summed E-state index contributed by atoms with van der Waals surface area (Å²) in [5.74, 6) is 2.70. The van der Waals surface area contributed by atoms with Crippen LogP contribution in [0.15, 0.2) is 40.8 Å². The number of carbonyl (C=O) groups is 1. The van der Waals surface area contributed by atoms with Crippen LogP contribution in [0.4, 0.5) is 0 Å². The number of hydrogen-bond acceptors (Lipinski definition) is 5. The predicted molar refractivity (Wildman–Crippen MR) is 108 cm³/mol. The van der Waals surface area contributed by atoms with Gasteiger partial charge in [-0.1, -0.05) is 18.9 Å². The van der Waals surface area contributed by atoms with E-state index in [0.717, 1.165) is 31.6 Å². The lowest BCUT2D eigenvalue weighted by atomic mass is 9.84. The maximum absolute atomic E-state index is 12.6. The highest BCUT2D eigenvalue weighted by atomic mass is 16.5. The summed E-state index contributed by atoms with van der Waals surface area (Å²) in [5, 5.41) is 3.18. The summed E-state index contributed by atoms with van der Waals surface area (Å²) in [4.78, 5) is 14.8. The molecule has 2 atom stereocenters. The number of rotatable bonds is 8. The molecule has 0 saturated heterocycles. The molecule has 1 saturated carbocycles. The first-order chi connectivity index (χ1) is 13.5. The molecule has 1 aliphatic carbocycles. The minimum absolute atomic E-state index is 0.150. The number of ether oxygens (including phenoxy) is 2. The molecular weight excluding hydrogens is 356 g/mol. The predicted octanol–water partition coefficient (Wildman–Crippen LogP) is 3.72. The Morgan fingerprint density at radius 1 is 1.18 bits per heavy atom. The van der Waals surface area contributed by atoms with Gasteiger partial charge in [0, 0.05) is 18.7 Å². The van der Waals surface area contributed by atoms with Crippen molar-refractivity contribution in [3.63, 3.8) is 0 Å². The molecule has 28 heavy (non-hydrogen) atoms. The fraction of sp³-hybridized carbons (Fsp3) is 0.500. The molecule has 6 nitrogen and oxygen atoms in total. The van der Waals surface area contributed by atoms with E-state index in [1.165, 1.54) is 6.42 Å². The molecule has 0 bridgehead atoms. The van der Waals surface area contributed by atoms with Crippen LogP contribution < -0.4 is 14.8 Å². The molecular formula is C22H30N2O4. The molecule has 1 aliphatic rings. The van der Waals surface area contributed by atoms with Crippen molar-refractivity contribution in [2.45, 2.75) is 38.3 Å². The maximum Gasteiger partial charge on any atom is 0.287 e. The monoisotopic (exact) mass is 386 g/mol. The van der Waals surface area contributed by atoms with Gasteiger partial charge in [0.15, 0.2) is 5.76 Å². The quantitative estimate of drug-likeness (QED) is 0.749. The van der Waals surface area contributed by atoms with Crippen LogP contribution in [-0.2, 0) is 6.61 Å². The summed E-state index contributed by atoms with van der Waals surface area (Å²) < 4.78 is 16.6. The molecule has 1 amide bonds. The van der Waals surface area contributed by atoms with E-state index in [0.29, 0.717) is 23.2 Å². The van der Waals surface area contributed by atoms with Crippen LogP contribution in [0, 0.1) is 5.92 Å². The Hall–Kier alpha value is -2.47. The minimum atomic E-state index is -0.150. The Labute approximate surface area is 166 Å². The normalized spacial score (nSPS) is 19.4. The second kappa shape index (κ2) is 9.64. The van der Waals surface area contributed by atoms with Gasteiger partial charge in [0.25, 0.3) is 5.91 Å². The second-order valence-electron chi connectivity index (χ2n) is 7.62. The third-order valence-corrected chi connectivity index (χ3v) is 5.13.